The van der Waals surface area contributed by atoms with E-state index in [1.54, 1.807) is 0 Å². The number of rotatable bonds is 7. The van der Waals surface area contributed by atoms with Crippen LogP contribution >= 0.6 is 11.8 Å². The van der Waals surface area contributed by atoms with Gasteiger partial charge < -0.3 is 9.88 Å². The minimum absolute atomic E-state index is 0.0392. The molecule has 1 heterocycles. The van der Waals surface area contributed by atoms with Crippen molar-refractivity contribution in [1.82, 2.24) is 14.8 Å². The maximum atomic E-state index is 12.2. The van der Waals surface area contributed by atoms with Gasteiger partial charge in [0.05, 0.1) is 5.75 Å². The smallest absolute Gasteiger partial charge is 0.234 e. The number of amides is 1. The van der Waals surface area contributed by atoms with Crippen LogP contribution in [0.4, 0.5) is 5.69 Å². The fraction of sp³-hybridized carbons (Fsp3) is 0.350. The summed E-state index contributed by atoms with van der Waals surface area (Å²) in [5, 5.41) is 12.5. The van der Waals surface area contributed by atoms with E-state index in [2.05, 4.69) is 58.2 Å². The van der Waals surface area contributed by atoms with Crippen molar-refractivity contribution in [3.63, 3.8) is 0 Å². The van der Waals surface area contributed by atoms with Crippen molar-refractivity contribution in [2.75, 3.05) is 11.1 Å². The molecule has 1 aliphatic rings. The van der Waals surface area contributed by atoms with Gasteiger partial charge in [-0.1, -0.05) is 68.1 Å². The molecule has 0 aliphatic heterocycles. The van der Waals surface area contributed by atoms with E-state index in [0.717, 1.165) is 29.6 Å². The van der Waals surface area contributed by atoms with Crippen LogP contribution < -0.4 is 5.32 Å². The first kappa shape index (κ1) is 18.5. The van der Waals surface area contributed by atoms with E-state index >= 15 is 0 Å². The molecular formula is C20H24N4OS. The molecule has 2 unspecified atom stereocenters. The second kappa shape index (κ2) is 8.85. The minimum Gasteiger partial charge on any atom is -0.325 e. The SMILES string of the molecule is CCCn1c(SCC(=O)Nc2ccccc2)nnc1C1C=CC=CC1C. The monoisotopic (exact) mass is 368 g/mol. The maximum absolute atomic E-state index is 12.2. The molecular weight excluding hydrogens is 344 g/mol. The van der Waals surface area contributed by atoms with Gasteiger partial charge in [0.25, 0.3) is 0 Å². The van der Waals surface area contributed by atoms with Crippen molar-refractivity contribution in [2.45, 2.75) is 37.9 Å². The average molecular weight is 369 g/mol. The van der Waals surface area contributed by atoms with E-state index < -0.39 is 0 Å². The van der Waals surface area contributed by atoms with Gasteiger partial charge in [-0.15, -0.1) is 10.2 Å². The van der Waals surface area contributed by atoms with E-state index in [4.69, 9.17) is 0 Å². The number of aromatic nitrogens is 3. The molecule has 136 valence electrons. The number of carbonyl (C=O) groups is 1. The zero-order valence-corrected chi connectivity index (χ0v) is 15.9. The molecule has 0 spiro atoms. The Balaban J connectivity index is 1.69. The standard InChI is InChI=1S/C20H24N4OS/c1-3-13-24-19(17-12-8-7-9-15(17)2)22-23-20(24)26-14-18(25)21-16-10-5-4-6-11-16/h4-12,15,17H,3,13-14H2,1-2H3,(H,21,25). The van der Waals surface area contributed by atoms with Crippen molar-refractivity contribution in [3.05, 3.63) is 60.5 Å². The van der Waals surface area contributed by atoms with Crippen molar-refractivity contribution >= 4 is 23.4 Å². The Kier molecular flexibility index (Phi) is 6.28. The highest BCUT2D eigenvalue weighted by atomic mass is 32.2. The summed E-state index contributed by atoms with van der Waals surface area (Å²) < 4.78 is 2.16. The molecule has 0 bridgehead atoms. The molecule has 0 radical (unpaired) electrons. The summed E-state index contributed by atoms with van der Waals surface area (Å²) in [5.41, 5.74) is 0.807. The Morgan fingerprint density at radius 2 is 1.96 bits per heavy atom. The predicted molar refractivity (Wildman–Crippen MR) is 106 cm³/mol. The van der Waals surface area contributed by atoms with Gasteiger partial charge >= 0.3 is 0 Å². The molecule has 3 rings (SSSR count). The molecule has 1 aromatic heterocycles. The first-order valence-electron chi connectivity index (χ1n) is 8.94. The number of nitrogens with one attached hydrogen (secondary N) is 1. The van der Waals surface area contributed by atoms with E-state index in [1.165, 1.54) is 11.8 Å². The molecule has 1 amide bonds. The lowest BCUT2D eigenvalue weighted by Crippen LogP contribution is -2.16. The number of benzene rings is 1. The number of hydrogen-bond donors (Lipinski definition) is 1. The zero-order chi connectivity index (χ0) is 18.4. The third-order valence-corrected chi connectivity index (χ3v) is 5.26. The highest BCUT2D eigenvalue weighted by Gasteiger charge is 2.24. The number of hydrogen-bond acceptors (Lipinski definition) is 4. The lowest BCUT2D eigenvalue weighted by atomic mass is 9.89. The number of carbonyl (C=O) groups excluding carboxylic acids is 1. The predicted octanol–water partition coefficient (Wildman–Crippen LogP) is 4.26. The van der Waals surface area contributed by atoms with Crippen LogP contribution in [0.2, 0.25) is 0 Å². The average Bonchev–Trinajstić information content (AvgIpc) is 3.04. The summed E-state index contributed by atoms with van der Waals surface area (Å²) in [5.74, 6) is 1.87. The summed E-state index contributed by atoms with van der Waals surface area (Å²) >= 11 is 1.44. The Morgan fingerprint density at radius 3 is 2.69 bits per heavy atom. The van der Waals surface area contributed by atoms with E-state index in [1.807, 2.05) is 30.3 Å². The number of thioether (sulfide) groups is 1. The molecule has 0 saturated carbocycles. The van der Waals surface area contributed by atoms with Gasteiger partial charge in [-0.3, -0.25) is 4.79 Å². The Hall–Kier alpha value is -2.34. The van der Waals surface area contributed by atoms with Crippen LogP contribution in [0.3, 0.4) is 0 Å². The third-order valence-electron chi connectivity index (χ3n) is 4.29. The molecule has 5 nitrogen and oxygen atoms in total. The summed E-state index contributed by atoms with van der Waals surface area (Å²) in [6.45, 7) is 5.18. The van der Waals surface area contributed by atoms with Crippen LogP contribution in [0, 0.1) is 5.92 Å². The molecule has 1 N–H and O–H groups in total. The molecule has 2 atom stereocenters. The fourth-order valence-electron chi connectivity index (χ4n) is 2.98. The summed E-state index contributed by atoms with van der Waals surface area (Å²) in [7, 11) is 0. The second-order valence-corrected chi connectivity index (χ2v) is 7.29. The molecule has 26 heavy (non-hydrogen) atoms. The number of nitrogens with zero attached hydrogens (tertiary/aromatic N) is 3. The molecule has 0 fully saturated rings. The van der Waals surface area contributed by atoms with Gasteiger partial charge in [0.15, 0.2) is 5.16 Å². The Bertz CT molecular complexity index is 797. The molecule has 2 aromatic rings. The molecule has 1 aromatic carbocycles. The summed E-state index contributed by atoms with van der Waals surface area (Å²) in [6, 6.07) is 9.49. The topological polar surface area (TPSA) is 59.8 Å². The summed E-state index contributed by atoms with van der Waals surface area (Å²) in [6.07, 6.45) is 9.50. The first-order chi connectivity index (χ1) is 12.7. The summed E-state index contributed by atoms with van der Waals surface area (Å²) in [4.78, 5) is 12.2. The van der Waals surface area contributed by atoms with Gasteiger partial charge in [0, 0.05) is 18.2 Å². The number of para-hydroxylation sites is 1. The lowest BCUT2D eigenvalue weighted by Gasteiger charge is -2.20. The third kappa shape index (κ3) is 4.43. The van der Waals surface area contributed by atoms with E-state index in [0.29, 0.717) is 11.7 Å². The van der Waals surface area contributed by atoms with Gasteiger partial charge in [-0.25, -0.2) is 0 Å². The zero-order valence-electron chi connectivity index (χ0n) is 15.1. The van der Waals surface area contributed by atoms with Crippen LogP contribution in [0.25, 0.3) is 0 Å². The largest absolute Gasteiger partial charge is 0.325 e. The van der Waals surface area contributed by atoms with Crippen molar-refractivity contribution in [1.29, 1.82) is 0 Å². The van der Waals surface area contributed by atoms with Crippen LogP contribution in [-0.4, -0.2) is 26.4 Å². The van der Waals surface area contributed by atoms with E-state index in [-0.39, 0.29) is 11.8 Å². The highest BCUT2D eigenvalue weighted by Crippen LogP contribution is 2.31. The van der Waals surface area contributed by atoms with Crippen LogP contribution in [0.15, 0.2) is 59.8 Å². The molecule has 0 saturated heterocycles. The number of anilines is 1. The van der Waals surface area contributed by atoms with Crippen molar-refractivity contribution in [3.8, 4) is 0 Å². The lowest BCUT2D eigenvalue weighted by molar-refractivity contribution is -0.113. The maximum Gasteiger partial charge on any atom is 0.234 e. The van der Waals surface area contributed by atoms with E-state index in [9.17, 15) is 4.79 Å². The van der Waals surface area contributed by atoms with Crippen LogP contribution in [-0.2, 0) is 11.3 Å². The highest BCUT2D eigenvalue weighted by molar-refractivity contribution is 7.99. The van der Waals surface area contributed by atoms with Crippen molar-refractivity contribution < 1.29 is 4.79 Å². The van der Waals surface area contributed by atoms with Gasteiger partial charge in [-0.2, -0.15) is 0 Å². The van der Waals surface area contributed by atoms with Gasteiger partial charge in [0.1, 0.15) is 5.82 Å². The number of allylic oxidation sites excluding steroid dienone is 4. The van der Waals surface area contributed by atoms with Gasteiger partial charge in [-0.05, 0) is 24.5 Å². The van der Waals surface area contributed by atoms with Crippen LogP contribution in [0.1, 0.15) is 32.0 Å². The van der Waals surface area contributed by atoms with Crippen molar-refractivity contribution in [2.24, 2.45) is 5.92 Å². The minimum atomic E-state index is -0.0392. The molecule has 6 heteroatoms. The van der Waals surface area contributed by atoms with Crippen LogP contribution in [0.5, 0.6) is 0 Å². The Morgan fingerprint density at radius 1 is 1.19 bits per heavy atom. The normalized spacial score (nSPS) is 18.8. The fourth-order valence-corrected chi connectivity index (χ4v) is 3.75. The second-order valence-electron chi connectivity index (χ2n) is 6.35. The first-order valence-corrected chi connectivity index (χ1v) is 9.93. The Labute approximate surface area is 158 Å². The molecule has 1 aliphatic carbocycles. The quantitative estimate of drug-likeness (QED) is 0.742. The van der Waals surface area contributed by atoms with Gasteiger partial charge in [0.2, 0.25) is 5.91 Å².